The van der Waals surface area contributed by atoms with E-state index in [-0.39, 0.29) is 5.91 Å². The van der Waals surface area contributed by atoms with Crippen molar-refractivity contribution in [3.8, 4) is 11.5 Å². The summed E-state index contributed by atoms with van der Waals surface area (Å²) in [4.78, 5) is 14.7. The van der Waals surface area contributed by atoms with E-state index in [1.807, 2.05) is 42.6 Å². The molecule has 0 N–H and O–H groups in total. The number of ether oxygens (including phenoxy) is 2. The lowest BCUT2D eigenvalue weighted by atomic mass is 10.1. The number of benzene rings is 1. The second-order valence-corrected chi connectivity index (χ2v) is 7.69. The van der Waals surface area contributed by atoms with Crippen molar-refractivity contribution in [1.82, 2.24) is 4.90 Å². The minimum Gasteiger partial charge on any atom is -0.466 e. The van der Waals surface area contributed by atoms with E-state index in [0.29, 0.717) is 23.4 Å². The van der Waals surface area contributed by atoms with Crippen LogP contribution in [-0.4, -0.2) is 36.4 Å². The summed E-state index contributed by atoms with van der Waals surface area (Å²) in [5, 5.41) is 0.361. The van der Waals surface area contributed by atoms with E-state index in [4.69, 9.17) is 13.9 Å². The minimum atomic E-state index is 0.0706. The fourth-order valence-electron chi connectivity index (χ4n) is 3.37. The van der Waals surface area contributed by atoms with E-state index in [1.54, 1.807) is 0 Å². The van der Waals surface area contributed by atoms with Gasteiger partial charge in [-0.2, -0.15) is 11.8 Å². The molecule has 6 heteroatoms. The predicted octanol–water partition coefficient (Wildman–Crippen LogP) is 3.95. The number of carbonyl (C=O) groups excluding carboxylic acids is 1. The van der Waals surface area contributed by atoms with Crippen LogP contribution in [-0.2, 0) is 0 Å². The summed E-state index contributed by atoms with van der Waals surface area (Å²) in [6.45, 7) is 5.52. The molecule has 0 aliphatic carbocycles. The largest absolute Gasteiger partial charge is 0.466 e. The van der Waals surface area contributed by atoms with Crippen LogP contribution in [0.2, 0.25) is 0 Å². The van der Waals surface area contributed by atoms with Gasteiger partial charge in [0.05, 0.1) is 5.56 Å². The summed E-state index contributed by atoms with van der Waals surface area (Å²) < 4.78 is 16.4. The lowest BCUT2D eigenvalue weighted by Crippen LogP contribution is -2.33. The molecule has 4 rings (SSSR count). The third-order valence-corrected chi connectivity index (χ3v) is 6.00. The normalized spacial score (nSPS) is 19.8. The molecule has 1 amide bonds. The first kappa shape index (κ1) is 16.4. The van der Waals surface area contributed by atoms with Crippen LogP contribution in [0.3, 0.4) is 0 Å². The van der Waals surface area contributed by atoms with Gasteiger partial charge in [0.15, 0.2) is 11.5 Å². The first-order valence-electron chi connectivity index (χ1n) is 8.49. The Morgan fingerprint density at radius 2 is 2.00 bits per heavy atom. The Balaban J connectivity index is 1.47. The molecule has 1 unspecified atom stereocenters. The second kappa shape index (κ2) is 6.67. The lowest BCUT2D eigenvalue weighted by molar-refractivity contribution is 0.0765. The standard InChI is InChI=1S/C19H21NO4S/c1-12-9-15(13(2)24-12)19(21)20-6-5-18(25-8-7-20)14-3-4-16-17(10-14)23-11-22-16/h3-4,9-10,18H,5-8,11H2,1-2H3. The maximum atomic E-state index is 12.8. The molecule has 2 aliphatic rings. The first-order valence-corrected chi connectivity index (χ1v) is 9.54. The van der Waals surface area contributed by atoms with Crippen LogP contribution >= 0.6 is 11.8 Å². The zero-order chi connectivity index (χ0) is 17.4. The molecule has 0 bridgehead atoms. The van der Waals surface area contributed by atoms with Gasteiger partial charge in [0.2, 0.25) is 6.79 Å². The third kappa shape index (κ3) is 3.23. The molecule has 5 nitrogen and oxygen atoms in total. The molecule has 1 fully saturated rings. The molecular formula is C19H21NO4S. The highest BCUT2D eigenvalue weighted by atomic mass is 32.2. The van der Waals surface area contributed by atoms with Crippen molar-refractivity contribution < 1.29 is 18.7 Å². The fraction of sp³-hybridized carbons (Fsp3) is 0.421. The van der Waals surface area contributed by atoms with Gasteiger partial charge in [-0.05, 0) is 44.0 Å². The van der Waals surface area contributed by atoms with Gasteiger partial charge in [-0.25, -0.2) is 0 Å². The molecular weight excluding hydrogens is 338 g/mol. The number of hydrogen-bond acceptors (Lipinski definition) is 5. The van der Waals surface area contributed by atoms with E-state index in [2.05, 4.69) is 12.1 Å². The molecule has 0 spiro atoms. The molecule has 1 atom stereocenters. The number of nitrogens with zero attached hydrogens (tertiary/aromatic N) is 1. The number of amides is 1. The van der Waals surface area contributed by atoms with Crippen molar-refractivity contribution in [3.63, 3.8) is 0 Å². The zero-order valence-corrected chi connectivity index (χ0v) is 15.2. The lowest BCUT2D eigenvalue weighted by Gasteiger charge is -2.20. The third-order valence-electron chi connectivity index (χ3n) is 4.67. The molecule has 0 radical (unpaired) electrons. The molecule has 0 saturated carbocycles. The van der Waals surface area contributed by atoms with Crippen LogP contribution in [0.15, 0.2) is 28.7 Å². The number of furan rings is 1. The Morgan fingerprint density at radius 3 is 2.80 bits per heavy atom. The molecule has 1 aromatic carbocycles. The van der Waals surface area contributed by atoms with E-state index in [9.17, 15) is 4.79 Å². The van der Waals surface area contributed by atoms with Gasteiger partial charge < -0.3 is 18.8 Å². The van der Waals surface area contributed by atoms with E-state index >= 15 is 0 Å². The average molecular weight is 359 g/mol. The number of thioether (sulfide) groups is 1. The Bertz CT molecular complexity index is 801. The monoisotopic (exact) mass is 359 g/mol. The molecule has 1 aromatic heterocycles. The maximum absolute atomic E-state index is 12.8. The Hall–Kier alpha value is -2.08. The van der Waals surface area contributed by atoms with Gasteiger partial charge >= 0.3 is 0 Å². The van der Waals surface area contributed by atoms with Gasteiger partial charge in [-0.3, -0.25) is 4.79 Å². The first-order chi connectivity index (χ1) is 12.1. The smallest absolute Gasteiger partial charge is 0.257 e. The summed E-state index contributed by atoms with van der Waals surface area (Å²) in [6.07, 6.45) is 0.923. The van der Waals surface area contributed by atoms with Crippen LogP contribution in [0.4, 0.5) is 0 Å². The maximum Gasteiger partial charge on any atom is 0.257 e. The van der Waals surface area contributed by atoms with Crippen molar-refractivity contribution in [3.05, 3.63) is 46.9 Å². The summed E-state index contributed by atoms with van der Waals surface area (Å²) in [5.41, 5.74) is 1.92. The molecule has 2 aromatic rings. The zero-order valence-electron chi connectivity index (χ0n) is 14.4. The van der Waals surface area contributed by atoms with Crippen LogP contribution in [0.25, 0.3) is 0 Å². The van der Waals surface area contributed by atoms with Gasteiger partial charge in [-0.1, -0.05) is 6.07 Å². The van der Waals surface area contributed by atoms with Crippen LogP contribution in [0.5, 0.6) is 11.5 Å². The number of carbonyl (C=O) groups is 1. The van der Waals surface area contributed by atoms with Crippen molar-refractivity contribution in [2.24, 2.45) is 0 Å². The van der Waals surface area contributed by atoms with Crippen molar-refractivity contribution in [2.45, 2.75) is 25.5 Å². The highest BCUT2D eigenvalue weighted by molar-refractivity contribution is 7.99. The molecule has 1 saturated heterocycles. The molecule has 3 heterocycles. The van der Waals surface area contributed by atoms with Gasteiger partial charge in [0.1, 0.15) is 11.5 Å². The number of fused-ring (bicyclic) bond motifs is 1. The second-order valence-electron chi connectivity index (χ2n) is 6.38. The van der Waals surface area contributed by atoms with Crippen molar-refractivity contribution in [1.29, 1.82) is 0 Å². The summed E-state index contributed by atoms with van der Waals surface area (Å²) in [5.74, 6) is 4.10. The predicted molar refractivity (Wildman–Crippen MR) is 96.5 cm³/mol. The summed E-state index contributed by atoms with van der Waals surface area (Å²) in [7, 11) is 0. The van der Waals surface area contributed by atoms with Crippen molar-refractivity contribution in [2.75, 3.05) is 25.6 Å². The highest BCUT2D eigenvalue weighted by Crippen LogP contribution is 2.40. The SMILES string of the molecule is Cc1cc(C(=O)N2CCSC(c3ccc4c(c3)OCO4)CC2)c(C)o1. The van der Waals surface area contributed by atoms with Gasteiger partial charge in [-0.15, -0.1) is 0 Å². The topological polar surface area (TPSA) is 51.9 Å². The molecule has 132 valence electrons. The van der Waals surface area contributed by atoms with E-state index in [1.165, 1.54) is 5.56 Å². The van der Waals surface area contributed by atoms with Gasteiger partial charge in [0, 0.05) is 24.1 Å². The van der Waals surface area contributed by atoms with E-state index in [0.717, 1.165) is 42.5 Å². The highest BCUT2D eigenvalue weighted by Gasteiger charge is 2.26. The summed E-state index contributed by atoms with van der Waals surface area (Å²) in [6, 6.07) is 7.99. The van der Waals surface area contributed by atoms with E-state index < -0.39 is 0 Å². The number of rotatable bonds is 2. The Kier molecular flexibility index (Phi) is 4.37. The number of aryl methyl sites for hydroxylation is 2. The molecule has 2 aliphatic heterocycles. The fourth-order valence-corrected chi connectivity index (χ4v) is 4.59. The summed E-state index contributed by atoms with van der Waals surface area (Å²) >= 11 is 1.89. The minimum absolute atomic E-state index is 0.0706. The van der Waals surface area contributed by atoms with Crippen LogP contribution < -0.4 is 9.47 Å². The quantitative estimate of drug-likeness (QED) is 0.813. The number of hydrogen-bond donors (Lipinski definition) is 0. The van der Waals surface area contributed by atoms with Gasteiger partial charge in [0.25, 0.3) is 5.91 Å². The molecule has 25 heavy (non-hydrogen) atoms. The Morgan fingerprint density at radius 1 is 1.16 bits per heavy atom. The van der Waals surface area contributed by atoms with Crippen molar-refractivity contribution >= 4 is 17.7 Å². The average Bonchev–Trinajstić information content (AvgIpc) is 3.11. The van der Waals surface area contributed by atoms with Crippen LogP contribution in [0.1, 0.15) is 39.1 Å². The Labute approximate surface area is 151 Å². The van der Waals surface area contributed by atoms with Crippen LogP contribution in [0, 0.1) is 13.8 Å².